The van der Waals surface area contributed by atoms with Crippen LogP contribution in [0.2, 0.25) is 0 Å². The molecule has 2 rings (SSSR count). The Hall–Kier alpha value is -2.58. The van der Waals surface area contributed by atoms with Gasteiger partial charge >= 0.3 is 6.09 Å². The van der Waals surface area contributed by atoms with E-state index in [4.69, 9.17) is 4.74 Å². The van der Waals surface area contributed by atoms with Crippen molar-refractivity contribution in [1.29, 1.82) is 0 Å². The lowest BCUT2D eigenvalue weighted by molar-refractivity contribution is -0.124. The number of aromatic nitrogens is 2. The molecule has 1 aromatic heterocycles. The van der Waals surface area contributed by atoms with E-state index in [1.54, 1.807) is 33.8 Å². The second-order valence-electron chi connectivity index (χ2n) is 8.32. The molecule has 1 heterocycles. The van der Waals surface area contributed by atoms with Crippen LogP contribution in [0.1, 0.15) is 75.5 Å². The molecule has 1 aliphatic rings. The molecule has 0 saturated heterocycles. The van der Waals surface area contributed by atoms with Gasteiger partial charge in [0.2, 0.25) is 0 Å². The maximum atomic E-state index is 12.6. The van der Waals surface area contributed by atoms with E-state index in [0.717, 1.165) is 31.4 Å². The van der Waals surface area contributed by atoms with Gasteiger partial charge in [-0.2, -0.15) is 5.10 Å². The van der Waals surface area contributed by atoms with Crippen LogP contribution >= 0.6 is 0 Å². The van der Waals surface area contributed by atoms with Crippen LogP contribution in [0.3, 0.4) is 0 Å². The van der Waals surface area contributed by atoms with Gasteiger partial charge in [0.1, 0.15) is 11.6 Å². The van der Waals surface area contributed by atoms with Crippen LogP contribution in [0.15, 0.2) is 6.07 Å². The van der Waals surface area contributed by atoms with Crippen molar-refractivity contribution in [3.05, 3.63) is 17.5 Å². The molecule has 9 nitrogen and oxygen atoms in total. The summed E-state index contributed by atoms with van der Waals surface area (Å²) in [5, 5.41) is 9.15. The summed E-state index contributed by atoms with van der Waals surface area (Å²) in [6.07, 6.45) is 5.35. The number of hydrogen-bond acceptors (Lipinski definition) is 5. The molecule has 1 aliphatic carbocycles. The molecule has 1 atom stereocenters. The Bertz CT molecular complexity index is 689. The van der Waals surface area contributed by atoms with E-state index in [2.05, 4.69) is 26.4 Å². The molecule has 1 unspecified atom stereocenters. The van der Waals surface area contributed by atoms with Gasteiger partial charge in [0.15, 0.2) is 5.69 Å². The van der Waals surface area contributed by atoms with E-state index in [9.17, 15) is 14.4 Å². The number of nitrogens with zero attached hydrogens (tertiary/aromatic N) is 1. The largest absolute Gasteiger partial charge is 0.444 e. The topological polar surface area (TPSA) is 125 Å². The summed E-state index contributed by atoms with van der Waals surface area (Å²) >= 11 is 0. The Kier molecular flexibility index (Phi) is 7.42. The first-order chi connectivity index (χ1) is 13.1. The molecular weight excluding hydrogens is 362 g/mol. The lowest BCUT2D eigenvalue weighted by Gasteiger charge is -2.27. The zero-order valence-corrected chi connectivity index (χ0v) is 17.1. The molecule has 0 radical (unpaired) electrons. The number of hydrogen-bond donors (Lipinski definition) is 4. The molecule has 3 amide bonds. The van der Waals surface area contributed by atoms with Crippen LogP contribution in [-0.4, -0.2) is 39.7 Å². The van der Waals surface area contributed by atoms with Crippen LogP contribution in [-0.2, 0) is 9.53 Å². The second-order valence-corrected chi connectivity index (χ2v) is 8.32. The van der Waals surface area contributed by atoms with Crippen molar-refractivity contribution in [2.24, 2.45) is 5.92 Å². The lowest BCUT2D eigenvalue weighted by Crippen LogP contribution is -2.53. The minimum Gasteiger partial charge on any atom is -0.444 e. The molecule has 1 aromatic rings. The molecule has 1 saturated carbocycles. The standard InChI is InChI=1S/C19H31N5O4/c1-12-10-15(22-21-12)17(26)24-23-16(25)14(11-13-8-6-5-7-9-13)20-18(27)28-19(2,3)4/h10,13-14H,5-9,11H2,1-4H3,(H,20,27)(H,21,22)(H,23,25)(H,24,26). The molecule has 156 valence electrons. The molecule has 0 spiro atoms. The van der Waals surface area contributed by atoms with E-state index in [0.29, 0.717) is 12.3 Å². The minimum absolute atomic E-state index is 0.168. The number of rotatable bonds is 5. The number of amides is 3. The third kappa shape index (κ3) is 7.21. The lowest BCUT2D eigenvalue weighted by atomic mass is 9.84. The number of carbonyl (C=O) groups is 3. The van der Waals surface area contributed by atoms with Crippen LogP contribution in [0, 0.1) is 12.8 Å². The van der Waals surface area contributed by atoms with Crippen molar-refractivity contribution in [1.82, 2.24) is 26.4 Å². The van der Waals surface area contributed by atoms with Gasteiger partial charge in [-0.05, 0) is 46.1 Å². The van der Waals surface area contributed by atoms with Crippen LogP contribution in [0.4, 0.5) is 4.79 Å². The molecule has 4 N–H and O–H groups in total. The number of ether oxygens (including phenoxy) is 1. The van der Waals surface area contributed by atoms with Crippen molar-refractivity contribution in [2.75, 3.05) is 0 Å². The van der Waals surface area contributed by atoms with E-state index in [1.807, 2.05) is 0 Å². The zero-order chi connectivity index (χ0) is 20.7. The van der Waals surface area contributed by atoms with Gasteiger partial charge in [0.05, 0.1) is 0 Å². The van der Waals surface area contributed by atoms with E-state index >= 15 is 0 Å². The van der Waals surface area contributed by atoms with E-state index in [-0.39, 0.29) is 5.69 Å². The fourth-order valence-corrected chi connectivity index (χ4v) is 3.24. The molecular formula is C19H31N5O4. The van der Waals surface area contributed by atoms with Crippen molar-refractivity contribution in [2.45, 2.75) is 77.9 Å². The van der Waals surface area contributed by atoms with Gasteiger partial charge < -0.3 is 10.1 Å². The van der Waals surface area contributed by atoms with Gasteiger partial charge in [0, 0.05) is 5.69 Å². The van der Waals surface area contributed by atoms with Gasteiger partial charge in [-0.25, -0.2) is 4.79 Å². The number of hydrazine groups is 1. The fraction of sp³-hybridized carbons (Fsp3) is 0.684. The molecule has 0 bridgehead atoms. The SMILES string of the molecule is Cc1cc(C(=O)NNC(=O)C(CC2CCCCC2)NC(=O)OC(C)(C)C)n[nH]1. The number of aryl methyl sites for hydroxylation is 1. The highest BCUT2D eigenvalue weighted by Gasteiger charge is 2.28. The Balaban J connectivity index is 1.96. The Labute approximate surface area is 165 Å². The molecule has 1 fully saturated rings. The maximum Gasteiger partial charge on any atom is 0.408 e. The van der Waals surface area contributed by atoms with Crippen molar-refractivity contribution in [3.63, 3.8) is 0 Å². The normalized spacial score (nSPS) is 16.1. The minimum atomic E-state index is -0.792. The predicted octanol–water partition coefficient (Wildman–Crippen LogP) is 2.34. The first-order valence-electron chi connectivity index (χ1n) is 9.76. The Morgan fingerprint density at radius 3 is 2.46 bits per heavy atom. The molecule has 0 aliphatic heterocycles. The summed E-state index contributed by atoms with van der Waals surface area (Å²) in [5.41, 5.74) is 4.96. The van der Waals surface area contributed by atoms with E-state index in [1.165, 1.54) is 6.42 Å². The highest BCUT2D eigenvalue weighted by molar-refractivity contribution is 5.94. The van der Waals surface area contributed by atoms with Crippen molar-refractivity contribution in [3.8, 4) is 0 Å². The second kappa shape index (κ2) is 9.57. The summed E-state index contributed by atoms with van der Waals surface area (Å²) in [6, 6.07) is 0.777. The summed E-state index contributed by atoms with van der Waals surface area (Å²) in [5.74, 6) is -0.674. The predicted molar refractivity (Wildman–Crippen MR) is 103 cm³/mol. The highest BCUT2D eigenvalue weighted by Crippen LogP contribution is 2.27. The summed E-state index contributed by atoms with van der Waals surface area (Å²) < 4.78 is 5.27. The molecule has 9 heteroatoms. The third-order valence-corrected chi connectivity index (χ3v) is 4.54. The zero-order valence-electron chi connectivity index (χ0n) is 17.1. The van der Waals surface area contributed by atoms with Gasteiger partial charge in [0.25, 0.3) is 11.8 Å². The quantitative estimate of drug-likeness (QED) is 0.572. The fourth-order valence-electron chi connectivity index (χ4n) is 3.24. The maximum absolute atomic E-state index is 12.6. The van der Waals surface area contributed by atoms with Crippen molar-refractivity contribution < 1.29 is 19.1 Å². The Morgan fingerprint density at radius 1 is 1.21 bits per heavy atom. The monoisotopic (exact) mass is 393 g/mol. The average Bonchev–Trinajstić information content (AvgIpc) is 3.04. The Morgan fingerprint density at radius 2 is 1.89 bits per heavy atom. The van der Waals surface area contributed by atoms with Gasteiger partial charge in [-0.15, -0.1) is 0 Å². The number of aromatic amines is 1. The summed E-state index contributed by atoms with van der Waals surface area (Å²) in [6.45, 7) is 7.05. The average molecular weight is 393 g/mol. The van der Waals surface area contributed by atoms with Gasteiger partial charge in [-0.1, -0.05) is 32.1 Å². The van der Waals surface area contributed by atoms with Crippen LogP contribution in [0.25, 0.3) is 0 Å². The number of nitrogens with one attached hydrogen (secondary N) is 4. The number of carbonyl (C=O) groups excluding carboxylic acids is 3. The summed E-state index contributed by atoms with van der Waals surface area (Å²) in [4.78, 5) is 36.9. The van der Waals surface area contributed by atoms with Crippen molar-refractivity contribution >= 4 is 17.9 Å². The van der Waals surface area contributed by atoms with E-state index < -0.39 is 29.6 Å². The first-order valence-corrected chi connectivity index (χ1v) is 9.76. The first kappa shape index (κ1) is 21.7. The van der Waals surface area contributed by atoms with Crippen LogP contribution in [0.5, 0.6) is 0 Å². The summed E-state index contributed by atoms with van der Waals surface area (Å²) in [7, 11) is 0. The molecule has 28 heavy (non-hydrogen) atoms. The third-order valence-electron chi connectivity index (χ3n) is 4.54. The number of H-pyrrole nitrogens is 1. The van der Waals surface area contributed by atoms with Crippen LogP contribution < -0.4 is 16.2 Å². The highest BCUT2D eigenvalue weighted by atomic mass is 16.6. The van der Waals surface area contributed by atoms with Gasteiger partial charge in [-0.3, -0.25) is 25.5 Å². The molecule has 0 aromatic carbocycles. The number of alkyl carbamates (subject to hydrolysis) is 1. The smallest absolute Gasteiger partial charge is 0.408 e.